The Labute approximate surface area is 40.2 Å². The molecule has 0 saturated carbocycles. The Morgan fingerprint density at radius 1 is 0.750 bits per heavy atom. The van der Waals surface area contributed by atoms with Crippen LogP contribution in [0.3, 0.4) is 0 Å². The summed E-state index contributed by atoms with van der Waals surface area (Å²) in [7, 11) is 0. The van der Waals surface area contributed by atoms with Crippen molar-refractivity contribution in [3.05, 3.63) is 0 Å². The van der Waals surface area contributed by atoms with Crippen LogP contribution in [0.2, 0.25) is 0 Å². The van der Waals surface area contributed by atoms with Gasteiger partial charge in [0.2, 0.25) is 0 Å². The van der Waals surface area contributed by atoms with E-state index in [0.717, 1.165) is 0 Å². The number of rotatable bonds is 0. The quantitative estimate of drug-likeness (QED) is 0.432. The van der Waals surface area contributed by atoms with Crippen molar-refractivity contribution in [2.24, 2.45) is 0 Å². The zero-order valence-corrected chi connectivity index (χ0v) is 4.20. The third-order valence-corrected chi connectivity index (χ3v) is 0. The van der Waals surface area contributed by atoms with Crippen molar-refractivity contribution in [1.82, 2.24) is 0 Å². The first-order valence-electron chi connectivity index (χ1n) is 0. The van der Waals surface area contributed by atoms with Crippen molar-refractivity contribution in [1.29, 1.82) is 0 Å². The molecule has 0 nitrogen and oxygen atoms in total. The highest BCUT2D eigenvalue weighted by Gasteiger charge is 0.0000176. The lowest BCUT2D eigenvalue weighted by Gasteiger charge is -0.269. The fourth-order valence-electron chi connectivity index (χ4n) is 0. The van der Waals surface area contributed by atoms with Crippen LogP contribution in [0, 0.1) is 0 Å². The van der Waals surface area contributed by atoms with Gasteiger partial charge >= 0.3 is 0 Å². The second-order valence-electron chi connectivity index (χ2n) is 0. The minimum atomic E-state index is 0. The van der Waals surface area contributed by atoms with E-state index in [4.69, 9.17) is 0 Å². The van der Waals surface area contributed by atoms with Crippen LogP contribution in [-0.4, -0.2) is 0 Å². The van der Waals surface area contributed by atoms with Crippen LogP contribution < -0.4 is 0 Å². The van der Waals surface area contributed by atoms with Gasteiger partial charge in [-0.05, 0) is 0 Å². The van der Waals surface area contributed by atoms with Crippen molar-refractivity contribution < 1.29 is 4.70 Å². The number of hydrogen-bond donors (Lipinski definition) is 0. The van der Waals surface area contributed by atoms with E-state index in [0.29, 0.717) is 0 Å². The van der Waals surface area contributed by atoms with E-state index in [-0.39, 0.29) is 39.4 Å². The van der Waals surface area contributed by atoms with Gasteiger partial charge in [-0.15, -0.1) is 24.8 Å². The lowest BCUT2D eigenvalue weighted by molar-refractivity contribution is 1.11. The maximum absolute atomic E-state index is 0. The van der Waals surface area contributed by atoms with E-state index in [2.05, 4.69) is 0 Å². The zero-order chi connectivity index (χ0) is 0. The van der Waals surface area contributed by atoms with Crippen LogP contribution in [0.15, 0.2) is 0 Å². The van der Waals surface area contributed by atoms with Crippen molar-refractivity contribution in [2.45, 2.75) is 0 Å². The lowest BCUT2D eigenvalue weighted by Crippen LogP contribution is 0.420. The van der Waals surface area contributed by atoms with E-state index >= 15 is 0 Å². The van der Waals surface area contributed by atoms with Gasteiger partial charge in [0, 0.05) is 9.90 Å². The second-order valence-corrected chi connectivity index (χ2v) is 0. The number of halogens is 3. The third kappa shape index (κ3) is 12.5. The van der Waals surface area contributed by atoms with Crippen LogP contribution in [0.5, 0.6) is 0 Å². The Hall–Kier alpha value is 0.940. The van der Waals surface area contributed by atoms with Crippen molar-refractivity contribution in [3.63, 3.8) is 0 Å². The molecular formula is H3Cl2FP. The van der Waals surface area contributed by atoms with Crippen molar-refractivity contribution in [3.8, 4) is 0 Å². The summed E-state index contributed by atoms with van der Waals surface area (Å²) in [5, 5.41) is 0. The molecule has 4 heavy (non-hydrogen) atoms. The molecule has 0 amide bonds. The maximum atomic E-state index is 0. The zero-order valence-electron chi connectivity index (χ0n) is 1.67. The predicted molar refractivity (Wildman–Crippen MR) is 23.9 cm³/mol. The van der Waals surface area contributed by atoms with Gasteiger partial charge in [-0.1, -0.05) is 0 Å². The van der Waals surface area contributed by atoms with E-state index in [1.54, 1.807) is 0 Å². The second kappa shape index (κ2) is 38.5. The first-order chi connectivity index (χ1) is 0. The van der Waals surface area contributed by atoms with Gasteiger partial charge in [0.25, 0.3) is 0 Å². The van der Waals surface area contributed by atoms with Crippen LogP contribution in [0.25, 0.3) is 0 Å². The van der Waals surface area contributed by atoms with Gasteiger partial charge in [-0.25, -0.2) is 0 Å². The van der Waals surface area contributed by atoms with E-state index in [1.807, 2.05) is 0 Å². The van der Waals surface area contributed by atoms with Gasteiger partial charge in [0.15, 0.2) is 0 Å². The lowest BCUT2D eigenvalue weighted by atomic mass is 19.0. The summed E-state index contributed by atoms with van der Waals surface area (Å²) in [4.78, 5) is 0. The maximum Gasteiger partial charge on any atom is 0 e. The molecule has 0 fully saturated rings. The average Bonchev–Trinajstić information content (AvgIpc) is 0. The highest BCUT2D eigenvalue weighted by atomic mass is 35.5. The molecule has 0 aliphatic carbocycles. The smallest absolute Gasteiger partial charge is 0 e. The van der Waals surface area contributed by atoms with Crippen molar-refractivity contribution >= 4 is 34.7 Å². The Morgan fingerprint density at radius 2 is 0.750 bits per heavy atom. The van der Waals surface area contributed by atoms with Gasteiger partial charge < -0.3 is 0 Å². The van der Waals surface area contributed by atoms with E-state index in [1.165, 1.54) is 0 Å². The molecule has 0 N–H and O–H groups in total. The minimum absolute atomic E-state index is 0. The topological polar surface area (TPSA) is 0 Å². The minimum Gasteiger partial charge on any atom is -0.269 e. The van der Waals surface area contributed by atoms with Gasteiger partial charge in [0.1, 0.15) is 0 Å². The van der Waals surface area contributed by atoms with Gasteiger partial charge in [-0.3, -0.25) is 4.70 Å². The molecule has 0 unspecified atom stereocenters. The fourth-order valence-corrected chi connectivity index (χ4v) is 0. The average molecular weight is 124 g/mol. The van der Waals surface area contributed by atoms with E-state index in [9.17, 15) is 0 Å². The molecule has 0 aliphatic heterocycles. The largest absolute Gasteiger partial charge is 0.269 e. The highest BCUT2D eigenvalue weighted by molar-refractivity contribution is 6.92. The summed E-state index contributed by atoms with van der Waals surface area (Å²) in [6.45, 7) is 0. The van der Waals surface area contributed by atoms with Crippen LogP contribution in [0.1, 0.15) is 0 Å². The molecule has 0 aromatic heterocycles. The van der Waals surface area contributed by atoms with Crippen LogP contribution >= 0.6 is 34.7 Å². The summed E-state index contributed by atoms with van der Waals surface area (Å²) < 4.78 is 0. The molecule has 0 rings (SSSR count). The molecule has 0 aromatic carbocycles. The van der Waals surface area contributed by atoms with E-state index < -0.39 is 0 Å². The SMILES string of the molecule is Cl.Cl.F.[P]. The normalized spacial score (nSPS) is 0. The molecular weight excluding hydrogens is 121 g/mol. The first kappa shape index (κ1) is 86.8. The summed E-state index contributed by atoms with van der Waals surface area (Å²) >= 11 is 0. The fraction of sp³-hybridized carbons (Fsp3) is 0. The molecule has 0 heterocycles. The third-order valence-electron chi connectivity index (χ3n) is 0. The first-order valence-corrected chi connectivity index (χ1v) is 0. The van der Waals surface area contributed by atoms with Crippen LogP contribution in [-0.2, 0) is 0 Å². The van der Waals surface area contributed by atoms with Crippen LogP contribution in [0.4, 0.5) is 4.70 Å². The molecule has 3 radical (unpaired) electrons. The molecule has 0 saturated heterocycles. The van der Waals surface area contributed by atoms with Gasteiger partial charge in [-0.2, -0.15) is 0 Å². The Morgan fingerprint density at radius 3 is 0.750 bits per heavy atom. The summed E-state index contributed by atoms with van der Waals surface area (Å²) in [5.74, 6) is 0. The van der Waals surface area contributed by atoms with Gasteiger partial charge in [0.05, 0.1) is 0 Å². The Bertz CT molecular complexity index is 6.00. The molecule has 0 aromatic rings. The van der Waals surface area contributed by atoms with Crippen molar-refractivity contribution in [2.75, 3.05) is 0 Å². The highest BCUT2D eigenvalue weighted by Crippen LogP contribution is 0.861. The molecule has 0 spiro atoms. The molecule has 29 valence electrons. The standard InChI is InChI=1S/2ClH.FH.P/h3*1H;. The molecule has 0 bridgehead atoms. The summed E-state index contributed by atoms with van der Waals surface area (Å²) in [5.41, 5.74) is 0. The Balaban J connectivity index is 0. The summed E-state index contributed by atoms with van der Waals surface area (Å²) in [6, 6.07) is 0. The molecule has 0 aliphatic rings. The Kier molecular flexibility index (Phi) is 836. The summed E-state index contributed by atoms with van der Waals surface area (Å²) in [6.07, 6.45) is 0. The predicted octanol–water partition coefficient (Wildman–Crippen LogP) is 1.86. The molecule has 4 heteroatoms. The molecule has 0 atom stereocenters. The number of hydrogen-bond acceptors (Lipinski definition) is 0. The monoisotopic (exact) mass is 123 g/mol.